The zero-order chi connectivity index (χ0) is 12.0. The number of hydrogen-bond donors (Lipinski definition) is 0. The van der Waals surface area contributed by atoms with Gasteiger partial charge in [-0.1, -0.05) is 24.4 Å². The van der Waals surface area contributed by atoms with Gasteiger partial charge in [0.1, 0.15) is 6.61 Å². The average Bonchev–Trinajstić information content (AvgIpc) is 2.26. The Morgan fingerprint density at radius 2 is 2.12 bits per heavy atom. The number of carbonyl (C=O) groups excluding carboxylic acids is 2. The van der Waals surface area contributed by atoms with Crippen molar-refractivity contribution in [2.75, 3.05) is 19.7 Å². The van der Waals surface area contributed by atoms with Crippen LogP contribution in [0.2, 0.25) is 0 Å². The van der Waals surface area contributed by atoms with Crippen molar-refractivity contribution in [1.82, 2.24) is 4.90 Å². The number of thioether (sulfide) groups is 1. The maximum Gasteiger partial charge on any atom is 0.410 e. The highest BCUT2D eigenvalue weighted by molar-refractivity contribution is 8.14. The van der Waals surface area contributed by atoms with Gasteiger partial charge in [-0.05, 0) is 12.8 Å². The van der Waals surface area contributed by atoms with Crippen LogP contribution in [0.5, 0.6) is 0 Å². The van der Waals surface area contributed by atoms with Crippen LogP contribution in [0, 0.1) is 0 Å². The molecule has 0 N–H and O–H groups in total. The number of nitrogens with zero attached hydrogens (tertiary/aromatic N) is 1. The highest BCUT2D eigenvalue weighted by atomic mass is 32.2. The van der Waals surface area contributed by atoms with Gasteiger partial charge in [-0.2, -0.15) is 0 Å². The van der Waals surface area contributed by atoms with Gasteiger partial charge >= 0.3 is 6.09 Å². The number of rotatable bonds is 3. The van der Waals surface area contributed by atoms with Gasteiger partial charge in [0.15, 0.2) is 5.12 Å². The van der Waals surface area contributed by atoms with Gasteiger partial charge in [-0.25, -0.2) is 4.79 Å². The molecule has 0 aromatic heterocycles. The third kappa shape index (κ3) is 4.26. The number of hydrogen-bond acceptors (Lipinski definition) is 4. The molecule has 0 aliphatic carbocycles. The lowest BCUT2D eigenvalue weighted by molar-refractivity contribution is -0.109. The lowest BCUT2D eigenvalue weighted by atomic mass is 10.1. The molecule has 0 atom stereocenters. The molecule has 90 valence electrons. The Morgan fingerprint density at radius 1 is 1.50 bits per heavy atom. The third-order valence-electron chi connectivity index (χ3n) is 2.36. The molecule has 1 aliphatic rings. The van der Waals surface area contributed by atoms with Crippen LogP contribution >= 0.6 is 11.8 Å². The summed E-state index contributed by atoms with van der Waals surface area (Å²) in [5, 5.41) is 0.494. The van der Waals surface area contributed by atoms with Crippen molar-refractivity contribution in [3.8, 4) is 0 Å². The molecule has 5 heteroatoms. The van der Waals surface area contributed by atoms with Crippen LogP contribution in [0.1, 0.15) is 19.8 Å². The lowest BCUT2D eigenvalue weighted by Crippen LogP contribution is -2.39. The van der Waals surface area contributed by atoms with E-state index in [1.165, 1.54) is 11.8 Å². The highest BCUT2D eigenvalue weighted by Crippen LogP contribution is 2.23. The summed E-state index contributed by atoms with van der Waals surface area (Å²) in [6, 6.07) is 0. The molecule has 1 amide bonds. The minimum Gasteiger partial charge on any atom is -0.445 e. The fourth-order valence-electron chi connectivity index (χ4n) is 1.61. The van der Waals surface area contributed by atoms with Crippen LogP contribution in [0.3, 0.4) is 0 Å². The van der Waals surface area contributed by atoms with Crippen LogP contribution in [0.15, 0.2) is 12.7 Å². The lowest BCUT2D eigenvalue weighted by Gasteiger charge is -2.30. The molecule has 0 aromatic rings. The van der Waals surface area contributed by atoms with Crippen molar-refractivity contribution in [2.45, 2.75) is 25.0 Å². The number of ether oxygens (including phenoxy) is 1. The highest BCUT2D eigenvalue weighted by Gasteiger charge is 2.24. The van der Waals surface area contributed by atoms with E-state index in [-0.39, 0.29) is 17.8 Å². The van der Waals surface area contributed by atoms with E-state index in [0.717, 1.165) is 12.8 Å². The third-order valence-corrected chi connectivity index (χ3v) is 3.49. The molecule has 1 rings (SSSR count). The standard InChI is InChI=1S/C11H17NO3S/c1-3-8-15-11(14)12-6-4-10(5-7-12)16-9(2)13/h3,10H,1,4-8H2,2H3. The quantitative estimate of drug-likeness (QED) is 0.712. The van der Waals surface area contributed by atoms with Crippen molar-refractivity contribution in [2.24, 2.45) is 0 Å². The first kappa shape index (κ1) is 13.1. The number of amides is 1. The fraction of sp³-hybridized carbons (Fsp3) is 0.636. The first-order chi connectivity index (χ1) is 7.63. The normalized spacial score (nSPS) is 16.9. The van der Waals surface area contributed by atoms with E-state index in [2.05, 4.69) is 6.58 Å². The summed E-state index contributed by atoms with van der Waals surface area (Å²) < 4.78 is 4.94. The minimum absolute atomic E-state index is 0.146. The topological polar surface area (TPSA) is 46.6 Å². The maximum absolute atomic E-state index is 11.5. The predicted octanol–water partition coefficient (Wildman–Crippen LogP) is 2.05. The first-order valence-corrected chi connectivity index (χ1v) is 6.21. The molecule has 1 saturated heterocycles. The molecule has 0 saturated carbocycles. The fourth-order valence-corrected chi connectivity index (χ4v) is 2.53. The first-order valence-electron chi connectivity index (χ1n) is 5.33. The molecule has 1 aliphatic heterocycles. The zero-order valence-electron chi connectivity index (χ0n) is 9.48. The molecular weight excluding hydrogens is 226 g/mol. The van der Waals surface area contributed by atoms with E-state index in [0.29, 0.717) is 18.3 Å². The average molecular weight is 243 g/mol. The molecule has 0 bridgehead atoms. The summed E-state index contributed by atoms with van der Waals surface area (Å²) in [6.07, 6.45) is 2.98. The maximum atomic E-state index is 11.5. The smallest absolute Gasteiger partial charge is 0.410 e. The summed E-state index contributed by atoms with van der Waals surface area (Å²) in [6.45, 7) is 6.65. The Kier molecular flexibility index (Phi) is 5.38. The van der Waals surface area contributed by atoms with E-state index >= 15 is 0 Å². The van der Waals surface area contributed by atoms with Crippen LogP contribution < -0.4 is 0 Å². The summed E-state index contributed by atoms with van der Waals surface area (Å²) in [4.78, 5) is 24.1. The van der Waals surface area contributed by atoms with Crippen molar-refractivity contribution >= 4 is 23.0 Å². The van der Waals surface area contributed by atoms with Gasteiger partial charge < -0.3 is 9.64 Å². The Hall–Kier alpha value is -0.970. The largest absolute Gasteiger partial charge is 0.445 e. The number of piperidine rings is 1. The minimum atomic E-state index is -0.286. The molecule has 0 aromatic carbocycles. The van der Waals surface area contributed by atoms with E-state index in [4.69, 9.17) is 4.74 Å². The van der Waals surface area contributed by atoms with Crippen LogP contribution in [0.4, 0.5) is 4.79 Å². The van der Waals surface area contributed by atoms with Crippen molar-refractivity contribution < 1.29 is 14.3 Å². The Labute approximate surface area is 100 Å². The van der Waals surface area contributed by atoms with Crippen molar-refractivity contribution in [3.05, 3.63) is 12.7 Å². The van der Waals surface area contributed by atoms with Gasteiger partial charge in [0, 0.05) is 25.3 Å². The summed E-state index contributed by atoms with van der Waals surface area (Å²) in [5.41, 5.74) is 0. The van der Waals surface area contributed by atoms with Crippen LogP contribution in [0.25, 0.3) is 0 Å². The van der Waals surface area contributed by atoms with Crippen LogP contribution in [-0.4, -0.2) is 41.1 Å². The molecule has 0 spiro atoms. The second-order valence-electron chi connectivity index (χ2n) is 3.66. The molecule has 0 radical (unpaired) electrons. The predicted molar refractivity (Wildman–Crippen MR) is 64.4 cm³/mol. The van der Waals surface area contributed by atoms with Crippen molar-refractivity contribution in [1.29, 1.82) is 0 Å². The van der Waals surface area contributed by atoms with Gasteiger partial charge in [0.05, 0.1) is 0 Å². The van der Waals surface area contributed by atoms with Gasteiger partial charge in [0.25, 0.3) is 0 Å². The zero-order valence-corrected chi connectivity index (χ0v) is 10.3. The van der Waals surface area contributed by atoms with E-state index in [1.807, 2.05) is 0 Å². The number of carbonyl (C=O) groups is 2. The summed E-state index contributed by atoms with van der Waals surface area (Å²) in [7, 11) is 0. The summed E-state index contributed by atoms with van der Waals surface area (Å²) in [5.74, 6) is 0. The Balaban J connectivity index is 2.28. The second-order valence-corrected chi connectivity index (χ2v) is 5.14. The van der Waals surface area contributed by atoms with E-state index in [1.54, 1.807) is 17.9 Å². The van der Waals surface area contributed by atoms with Gasteiger partial charge in [-0.15, -0.1) is 0 Å². The van der Waals surface area contributed by atoms with Crippen molar-refractivity contribution in [3.63, 3.8) is 0 Å². The van der Waals surface area contributed by atoms with Gasteiger partial charge in [0.2, 0.25) is 0 Å². The SMILES string of the molecule is C=CCOC(=O)N1CCC(SC(C)=O)CC1. The Bertz CT molecular complexity index is 272. The second kappa shape index (κ2) is 6.58. The van der Waals surface area contributed by atoms with Crippen LogP contribution in [-0.2, 0) is 9.53 Å². The summed E-state index contributed by atoms with van der Waals surface area (Å²) >= 11 is 1.37. The monoisotopic (exact) mass is 243 g/mol. The van der Waals surface area contributed by atoms with E-state index < -0.39 is 0 Å². The molecular formula is C11H17NO3S. The molecule has 1 heterocycles. The molecule has 4 nitrogen and oxygen atoms in total. The molecule has 0 unspecified atom stereocenters. The molecule has 1 fully saturated rings. The van der Waals surface area contributed by atoms with E-state index in [9.17, 15) is 9.59 Å². The Morgan fingerprint density at radius 3 is 2.62 bits per heavy atom. The van der Waals surface area contributed by atoms with Gasteiger partial charge in [-0.3, -0.25) is 4.79 Å². The number of likely N-dealkylation sites (tertiary alicyclic amines) is 1. The molecule has 16 heavy (non-hydrogen) atoms.